The van der Waals surface area contributed by atoms with Gasteiger partial charge in [-0.2, -0.15) is 0 Å². The van der Waals surface area contributed by atoms with Crippen LogP contribution in [-0.4, -0.2) is 16.0 Å². The standard InChI is InChI=1S/C14H15F2N3/c1-9(2)18-8-11-5-6-17-14(19-11)10-3-4-12(15)13(16)7-10/h3-7,9,18H,8H2,1-2H3. The summed E-state index contributed by atoms with van der Waals surface area (Å²) in [5.74, 6) is -1.38. The number of nitrogens with one attached hydrogen (secondary N) is 1. The normalized spacial score (nSPS) is 11.0. The summed E-state index contributed by atoms with van der Waals surface area (Å²) in [4.78, 5) is 8.40. The molecule has 0 aliphatic heterocycles. The van der Waals surface area contributed by atoms with Crippen molar-refractivity contribution < 1.29 is 8.78 Å². The molecule has 0 aliphatic carbocycles. The minimum Gasteiger partial charge on any atom is -0.309 e. The van der Waals surface area contributed by atoms with Crippen molar-refractivity contribution >= 4 is 0 Å². The molecule has 100 valence electrons. The Labute approximate surface area is 110 Å². The maximum Gasteiger partial charge on any atom is 0.159 e. The van der Waals surface area contributed by atoms with Gasteiger partial charge in [0, 0.05) is 24.3 Å². The van der Waals surface area contributed by atoms with Crippen molar-refractivity contribution in [3.8, 4) is 11.4 Å². The second-order valence-electron chi connectivity index (χ2n) is 4.54. The lowest BCUT2D eigenvalue weighted by Crippen LogP contribution is -2.22. The third-order valence-corrected chi connectivity index (χ3v) is 2.58. The third-order valence-electron chi connectivity index (χ3n) is 2.58. The predicted molar refractivity (Wildman–Crippen MR) is 69.4 cm³/mol. The van der Waals surface area contributed by atoms with Crippen LogP contribution in [0.25, 0.3) is 11.4 Å². The Morgan fingerprint density at radius 2 is 1.95 bits per heavy atom. The summed E-state index contributed by atoms with van der Waals surface area (Å²) in [6.45, 7) is 4.69. The van der Waals surface area contributed by atoms with Gasteiger partial charge < -0.3 is 5.32 Å². The first-order valence-corrected chi connectivity index (χ1v) is 6.07. The lowest BCUT2D eigenvalue weighted by Gasteiger charge is -2.08. The molecule has 0 spiro atoms. The molecule has 2 aromatic rings. The molecule has 0 saturated carbocycles. The van der Waals surface area contributed by atoms with E-state index in [-0.39, 0.29) is 0 Å². The molecule has 1 aromatic heterocycles. The molecule has 0 aliphatic rings. The first-order chi connectivity index (χ1) is 9.06. The Balaban J connectivity index is 2.24. The second kappa shape index (κ2) is 5.84. The molecule has 1 heterocycles. The molecular weight excluding hydrogens is 248 g/mol. The van der Waals surface area contributed by atoms with E-state index in [9.17, 15) is 8.78 Å². The van der Waals surface area contributed by atoms with E-state index in [2.05, 4.69) is 15.3 Å². The Bertz CT molecular complexity index is 570. The monoisotopic (exact) mass is 263 g/mol. The van der Waals surface area contributed by atoms with Gasteiger partial charge in [0.25, 0.3) is 0 Å². The van der Waals surface area contributed by atoms with E-state index in [0.717, 1.165) is 17.8 Å². The number of hydrogen-bond acceptors (Lipinski definition) is 3. The van der Waals surface area contributed by atoms with Crippen molar-refractivity contribution in [2.24, 2.45) is 0 Å². The van der Waals surface area contributed by atoms with Crippen LogP contribution >= 0.6 is 0 Å². The lowest BCUT2D eigenvalue weighted by molar-refractivity contribution is 0.509. The summed E-state index contributed by atoms with van der Waals surface area (Å²) >= 11 is 0. The van der Waals surface area contributed by atoms with Crippen LogP contribution in [0.3, 0.4) is 0 Å². The highest BCUT2D eigenvalue weighted by atomic mass is 19.2. The van der Waals surface area contributed by atoms with Crippen LogP contribution in [0, 0.1) is 11.6 Å². The van der Waals surface area contributed by atoms with Gasteiger partial charge in [-0.3, -0.25) is 0 Å². The molecule has 3 nitrogen and oxygen atoms in total. The molecule has 1 N–H and O–H groups in total. The molecule has 1 aromatic carbocycles. The van der Waals surface area contributed by atoms with Gasteiger partial charge in [0.05, 0.1) is 5.69 Å². The minimum atomic E-state index is -0.896. The summed E-state index contributed by atoms with van der Waals surface area (Å²) in [5, 5.41) is 3.24. The van der Waals surface area contributed by atoms with Gasteiger partial charge in [0.2, 0.25) is 0 Å². The van der Waals surface area contributed by atoms with Crippen LogP contribution in [0.5, 0.6) is 0 Å². The summed E-state index contributed by atoms with van der Waals surface area (Å²) in [7, 11) is 0. The van der Waals surface area contributed by atoms with Crippen LogP contribution in [0.4, 0.5) is 8.78 Å². The minimum absolute atomic E-state index is 0.349. The molecule has 2 rings (SSSR count). The highest BCUT2D eigenvalue weighted by Gasteiger charge is 2.07. The van der Waals surface area contributed by atoms with Gasteiger partial charge in [-0.1, -0.05) is 13.8 Å². The van der Waals surface area contributed by atoms with Gasteiger partial charge in [-0.15, -0.1) is 0 Å². The van der Waals surface area contributed by atoms with Crippen LogP contribution in [0.2, 0.25) is 0 Å². The lowest BCUT2D eigenvalue weighted by atomic mass is 10.2. The summed E-state index contributed by atoms with van der Waals surface area (Å²) in [6.07, 6.45) is 1.61. The topological polar surface area (TPSA) is 37.8 Å². The molecule has 5 heteroatoms. The SMILES string of the molecule is CC(C)NCc1ccnc(-c2ccc(F)c(F)c2)n1. The summed E-state index contributed by atoms with van der Waals surface area (Å²) in [6, 6.07) is 5.78. The predicted octanol–water partition coefficient (Wildman–Crippen LogP) is 2.92. The molecular formula is C14H15F2N3. The number of benzene rings is 1. The number of aromatic nitrogens is 2. The van der Waals surface area contributed by atoms with Crippen molar-refractivity contribution in [2.45, 2.75) is 26.4 Å². The molecule has 0 radical (unpaired) electrons. The number of nitrogens with zero attached hydrogens (tertiary/aromatic N) is 2. The molecule has 0 saturated heterocycles. The zero-order valence-corrected chi connectivity index (χ0v) is 10.8. The first kappa shape index (κ1) is 13.5. The zero-order valence-electron chi connectivity index (χ0n) is 10.8. The Morgan fingerprint density at radius 3 is 2.63 bits per heavy atom. The highest BCUT2D eigenvalue weighted by molar-refractivity contribution is 5.54. The molecule has 0 atom stereocenters. The van der Waals surface area contributed by atoms with E-state index < -0.39 is 11.6 Å². The van der Waals surface area contributed by atoms with Gasteiger partial charge in [-0.05, 0) is 24.3 Å². The number of hydrogen-bond donors (Lipinski definition) is 1. The molecule has 0 amide bonds. The van der Waals surface area contributed by atoms with Crippen LogP contribution in [0.1, 0.15) is 19.5 Å². The fraction of sp³-hybridized carbons (Fsp3) is 0.286. The third kappa shape index (κ3) is 3.54. The second-order valence-corrected chi connectivity index (χ2v) is 4.54. The van der Waals surface area contributed by atoms with E-state index >= 15 is 0 Å². The summed E-state index contributed by atoms with van der Waals surface area (Å²) in [5.41, 5.74) is 1.27. The quantitative estimate of drug-likeness (QED) is 0.921. The van der Waals surface area contributed by atoms with E-state index in [1.54, 1.807) is 12.3 Å². The Kier molecular flexibility index (Phi) is 4.16. The molecule has 0 bridgehead atoms. The van der Waals surface area contributed by atoms with Gasteiger partial charge in [0.1, 0.15) is 0 Å². The van der Waals surface area contributed by atoms with Crippen LogP contribution in [0.15, 0.2) is 30.5 Å². The van der Waals surface area contributed by atoms with Crippen molar-refractivity contribution in [3.63, 3.8) is 0 Å². The molecule has 19 heavy (non-hydrogen) atoms. The maximum absolute atomic E-state index is 13.2. The van der Waals surface area contributed by atoms with E-state index in [0.29, 0.717) is 24.0 Å². The maximum atomic E-state index is 13.2. The van der Waals surface area contributed by atoms with E-state index in [1.165, 1.54) is 6.07 Å². The average Bonchev–Trinajstić information content (AvgIpc) is 2.40. The van der Waals surface area contributed by atoms with Crippen molar-refractivity contribution in [3.05, 3.63) is 47.8 Å². The van der Waals surface area contributed by atoms with E-state index in [1.807, 2.05) is 13.8 Å². The molecule has 0 fully saturated rings. The summed E-state index contributed by atoms with van der Waals surface area (Å²) < 4.78 is 26.1. The fourth-order valence-corrected chi connectivity index (χ4v) is 1.58. The van der Waals surface area contributed by atoms with Gasteiger partial charge in [-0.25, -0.2) is 18.7 Å². The van der Waals surface area contributed by atoms with Crippen molar-refractivity contribution in [1.29, 1.82) is 0 Å². The largest absolute Gasteiger partial charge is 0.309 e. The fourth-order valence-electron chi connectivity index (χ4n) is 1.58. The van der Waals surface area contributed by atoms with Crippen molar-refractivity contribution in [1.82, 2.24) is 15.3 Å². The Hall–Kier alpha value is -1.88. The van der Waals surface area contributed by atoms with Crippen molar-refractivity contribution in [2.75, 3.05) is 0 Å². The average molecular weight is 263 g/mol. The smallest absolute Gasteiger partial charge is 0.159 e. The van der Waals surface area contributed by atoms with Crippen LogP contribution in [-0.2, 0) is 6.54 Å². The first-order valence-electron chi connectivity index (χ1n) is 6.07. The van der Waals surface area contributed by atoms with Gasteiger partial charge >= 0.3 is 0 Å². The van der Waals surface area contributed by atoms with Gasteiger partial charge in [0.15, 0.2) is 17.5 Å². The van der Waals surface area contributed by atoms with Crippen LogP contribution < -0.4 is 5.32 Å². The Morgan fingerprint density at radius 1 is 1.16 bits per heavy atom. The number of halogens is 2. The van der Waals surface area contributed by atoms with E-state index in [4.69, 9.17) is 0 Å². The molecule has 0 unspecified atom stereocenters. The zero-order chi connectivity index (χ0) is 13.8. The highest BCUT2D eigenvalue weighted by Crippen LogP contribution is 2.17. The number of rotatable bonds is 4.